The number of carbonyl (C=O) groups excluding carboxylic acids is 2. The lowest BCUT2D eigenvalue weighted by atomic mass is 10.2. The maximum absolute atomic E-state index is 12.8. The smallest absolute Gasteiger partial charge is 0.258 e. The third-order valence-electron chi connectivity index (χ3n) is 4.09. The molecule has 2 heterocycles. The maximum Gasteiger partial charge on any atom is 0.258 e. The number of amides is 2. The van der Waals surface area contributed by atoms with Gasteiger partial charge in [0.25, 0.3) is 5.56 Å². The normalized spacial score (nSPS) is 16.8. The van der Waals surface area contributed by atoms with Crippen molar-refractivity contribution in [3.63, 3.8) is 0 Å². The van der Waals surface area contributed by atoms with Gasteiger partial charge in [0.1, 0.15) is 11.0 Å². The van der Waals surface area contributed by atoms with E-state index in [1.807, 2.05) is 6.92 Å². The highest BCUT2D eigenvalue weighted by molar-refractivity contribution is 8.00. The molecule has 142 valence electrons. The molecule has 1 aromatic heterocycles. The molecule has 0 saturated carbocycles. The molecular weight excluding hydrogens is 370 g/mol. The number of aromatic amines is 1. The average molecular weight is 389 g/mol. The average Bonchev–Trinajstić information content (AvgIpc) is 2.89. The second-order valence-electron chi connectivity index (χ2n) is 5.81. The van der Waals surface area contributed by atoms with Crippen molar-refractivity contribution in [2.24, 2.45) is 0 Å². The van der Waals surface area contributed by atoms with Crippen LogP contribution < -0.4 is 15.2 Å². The molecule has 27 heavy (non-hydrogen) atoms. The van der Waals surface area contributed by atoms with Crippen LogP contribution in [0.2, 0.25) is 0 Å². The Morgan fingerprint density at radius 1 is 1.30 bits per heavy atom. The van der Waals surface area contributed by atoms with Gasteiger partial charge in [-0.05, 0) is 25.5 Å². The molecule has 1 fully saturated rings. The number of thioether (sulfide) groups is 1. The highest BCUT2D eigenvalue weighted by Crippen LogP contribution is 2.36. The Balaban J connectivity index is 1.86. The van der Waals surface area contributed by atoms with E-state index in [0.717, 1.165) is 16.7 Å². The summed E-state index contributed by atoms with van der Waals surface area (Å²) < 4.78 is 5.51. The fourth-order valence-corrected chi connectivity index (χ4v) is 3.84. The Morgan fingerprint density at radius 3 is 2.70 bits per heavy atom. The first-order valence-electron chi connectivity index (χ1n) is 8.53. The van der Waals surface area contributed by atoms with Crippen molar-refractivity contribution in [3.05, 3.63) is 40.2 Å². The van der Waals surface area contributed by atoms with Crippen LogP contribution in [0.15, 0.2) is 34.2 Å². The first kappa shape index (κ1) is 19.0. The van der Waals surface area contributed by atoms with Crippen LogP contribution in [0.4, 0.5) is 5.69 Å². The van der Waals surface area contributed by atoms with E-state index < -0.39 is 16.7 Å². The van der Waals surface area contributed by atoms with E-state index in [1.165, 1.54) is 0 Å². The van der Waals surface area contributed by atoms with Gasteiger partial charge in [-0.3, -0.25) is 14.4 Å². The second-order valence-corrected chi connectivity index (χ2v) is 7.00. The zero-order valence-corrected chi connectivity index (χ0v) is 15.7. The molecule has 2 aromatic rings. The van der Waals surface area contributed by atoms with E-state index in [2.05, 4.69) is 9.97 Å². The number of para-hydroxylation sites is 2. The van der Waals surface area contributed by atoms with E-state index in [-0.39, 0.29) is 28.9 Å². The summed E-state index contributed by atoms with van der Waals surface area (Å²) in [5, 5.41) is 9.22. The van der Waals surface area contributed by atoms with Crippen LogP contribution in [0.1, 0.15) is 25.8 Å². The van der Waals surface area contributed by atoms with Gasteiger partial charge in [0, 0.05) is 6.42 Å². The first-order chi connectivity index (χ1) is 13.0. The lowest BCUT2D eigenvalue weighted by Crippen LogP contribution is -2.31. The van der Waals surface area contributed by atoms with E-state index in [9.17, 15) is 19.5 Å². The molecule has 0 aliphatic carbocycles. The molecular formula is C18H19N3O5S. The van der Waals surface area contributed by atoms with Crippen LogP contribution in [-0.4, -0.2) is 38.7 Å². The molecule has 1 aliphatic heterocycles. The predicted molar refractivity (Wildman–Crippen MR) is 100 cm³/mol. The Morgan fingerprint density at radius 2 is 2.04 bits per heavy atom. The quantitative estimate of drug-likeness (QED) is 0.573. The van der Waals surface area contributed by atoms with Crippen molar-refractivity contribution in [1.29, 1.82) is 0 Å². The molecule has 8 nitrogen and oxygen atoms in total. The van der Waals surface area contributed by atoms with Crippen LogP contribution in [0.25, 0.3) is 0 Å². The van der Waals surface area contributed by atoms with Gasteiger partial charge in [0.2, 0.25) is 17.7 Å². The van der Waals surface area contributed by atoms with Gasteiger partial charge >= 0.3 is 0 Å². The Kier molecular flexibility index (Phi) is 5.50. The summed E-state index contributed by atoms with van der Waals surface area (Å²) in [6.07, 6.45) is 0.298. The van der Waals surface area contributed by atoms with Crippen LogP contribution >= 0.6 is 11.8 Å². The van der Waals surface area contributed by atoms with Crippen molar-refractivity contribution >= 4 is 29.3 Å². The number of imide groups is 1. The van der Waals surface area contributed by atoms with Gasteiger partial charge in [-0.1, -0.05) is 30.8 Å². The van der Waals surface area contributed by atoms with E-state index >= 15 is 0 Å². The molecule has 2 amide bonds. The lowest BCUT2D eigenvalue weighted by molar-refractivity contribution is -0.121. The van der Waals surface area contributed by atoms with Crippen molar-refractivity contribution in [1.82, 2.24) is 9.97 Å². The summed E-state index contributed by atoms with van der Waals surface area (Å²) in [5.41, 5.74) is 0.117. The Bertz CT molecular complexity index is 943. The number of hydrogen-bond donors (Lipinski definition) is 2. The summed E-state index contributed by atoms with van der Waals surface area (Å²) >= 11 is 0.949. The third kappa shape index (κ3) is 3.68. The van der Waals surface area contributed by atoms with Crippen molar-refractivity contribution < 1.29 is 19.4 Å². The molecule has 9 heteroatoms. The second kappa shape index (κ2) is 7.83. The lowest BCUT2D eigenvalue weighted by Gasteiger charge is -2.18. The standard InChI is InChI=1S/C18H19N3O5S/c1-3-10-15(23)19-18(20-16(10)24)27-13-9-14(22)21(17(13)25)11-7-5-6-8-12(11)26-4-2/h5-8,13H,3-4,9H2,1-2H3,(H2,19,20,23,24)/t13-/m1/s1. The van der Waals surface area contributed by atoms with Crippen LogP contribution in [0, 0.1) is 0 Å². The summed E-state index contributed by atoms with van der Waals surface area (Å²) in [4.78, 5) is 44.8. The molecule has 0 radical (unpaired) electrons. The number of H-pyrrole nitrogens is 1. The SMILES string of the molecule is CCOc1ccccc1N1C(=O)C[C@@H](Sc2nc(O)c(CC)c(=O)[nH]2)C1=O. The van der Waals surface area contributed by atoms with Crippen LogP contribution in [0.5, 0.6) is 11.6 Å². The van der Waals surface area contributed by atoms with Crippen molar-refractivity contribution in [2.75, 3.05) is 11.5 Å². The van der Waals surface area contributed by atoms with E-state index in [1.54, 1.807) is 31.2 Å². The molecule has 2 N–H and O–H groups in total. The molecule has 1 aliphatic rings. The monoisotopic (exact) mass is 389 g/mol. The van der Waals surface area contributed by atoms with Gasteiger partial charge in [0.15, 0.2) is 5.16 Å². The van der Waals surface area contributed by atoms with Crippen LogP contribution in [0.3, 0.4) is 0 Å². The number of aromatic nitrogens is 2. The molecule has 1 aromatic carbocycles. The molecule has 3 rings (SSSR count). The third-order valence-corrected chi connectivity index (χ3v) is 5.16. The van der Waals surface area contributed by atoms with E-state index in [0.29, 0.717) is 24.5 Å². The highest BCUT2D eigenvalue weighted by Gasteiger charge is 2.41. The van der Waals surface area contributed by atoms with Gasteiger partial charge in [-0.2, -0.15) is 4.98 Å². The maximum atomic E-state index is 12.8. The number of ether oxygens (including phenoxy) is 1. The minimum absolute atomic E-state index is 0.0377. The topological polar surface area (TPSA) is 113 Å². The molecule has 0 spiro atoms. The first-order valence-corrected chi connectivity index (χ1v) is 9.41. The number of anilines is 1. The summed E-state index contributed by atoms with van der Waals surface area (Å²) in [5.74, 6) is -0.692. The fraction of sp³-hybridized carbons (Fsp3) is 0.333. The summed E-state index contributed by atoms with van der Waals surface area (Å²) in [7, 11) is 0. The fourth-order valence-electron chi connectivity index (χ4n) is 2.84. The molecule has 0 unspecified atom stereocenters. The molecule has 1 saturated heterocycles. The predicted octanol–water partition coefficient (Wildman–Crippen LogP) is 1.86. The molecule has 0 bridgehead atoms. The summed E-state index contributed by atoms with van der Waals surface area (Å²) in [6, 6.07) is 6.83. The number of nitrogens with one attached hydrogen (secondary N) is 1. The molecule has 1 atom stereocenters. The number of hydrogen-bond acceptors (Lipinski definition) is 7. The number of benzene rings is 1. The minimum Gasteiger partial charge on any atom is -0.493 e. The zero-order chi connectivity index (χ0) is 19.6. The van der Waals surface area contributed by atoms with Gasteiger partial charge < -0.3 is 14.8 Å². The van der Waals surface area contributed by atoms with Crippen molar-refractivity contribution in [3.8, 4) is 11.6 Å². The van der Waals surface area contributed by atoms with Gasteiger partial charge in [0.05, 0.1) is 17.9 Å². The van der Waals surface area contributed by atoms with Crippen molar-refractivity contribution in [2.45, 2.75) is 37.1 Å². The Hall–Kier alpha value is -2.81. The number of nitrogens with zero attached hydrogens (tertiary/aromatic N) is 2. The summed E-state index contributed by atoms with van der Waals surface area (Å²) in [6.45, 7) is 3.95. The number of carbonyl (C=O) groups is 2. The van der Waals surface area contributed by atoms with Gasteiger partial charge in [-0.15, -0.1) is 0 Å². The minimum atomic E-state index is -0.748. The van der Waals surface area contributed by atoms with E-state index in [4.69, 9.17) is 4.74 Å². The Labute approximate surface area is 159 Å². The van der Waals surface area contributed by atoms with Crippen LogP contribution in [-0.2, 0) is 16.0 Å². The zero-order valence-electron chi connectivity index (χ0n) is 14.9. The highest BCUT2D eigenvalue weighted by atomic mass is 32.2. The van der Waals surface area contributed by atoms with Gasteiger partial charge in [-0.25, -0.2) is 4.90 Å². The largest absolute Gasteiger partial charge is 0.493 e. The number of aromatic hydroxyl groups is 1. The number of rotatable bonds is 6.